The highest BCUT2D eigenvalue weighted by atomic mass is 35.5. The van der Waals surface area contributed by atoms with Gasteiger partial charge in [-0.1, -0.05) is 18.5 Å². The lowest BCUT2D eigenvalue weighted by Gasteiger charge is -2.20. The molecule has 2 aromatic heterocycles. The summed E-state index contributed by atoms with van der Waals surface area (Å²) in [5, 5.41) is 8.64. The van der Waals surface area contributed by atoms with Crippen LogP contribution in [-0.4, -0.2) is 16.3 Å². The SMILES string of the molecule is CCNC(c1ccc(C)s1)c1c(Cl)cnn1C(C)C. The molecule has 3 nitrogen and oxygen atoms in total. The van der Waals surface area contributed by atoms with E-state index in [9.17, 15) is 0 Å². The second kappa shape index (κ2) is 6.07. The summed E-state index contributed by atoms with van der Waals surface area (Å²) in [6.07, 6.45) is 1.74. The number of aryl methyl sites for hydroxylation is 1. The van der Waals surface area contributed by atoms with Crippen molar-refractivity contribution in [3.63, 3.8) is 0 Å². The highest BCUT2D eigenvalue weighted by molar-refractivity contribution is 7.12. The molecule has 5 heteroatoms. The van der Waals surface area contributed by atoms with Gasteiger partial charge in [-0.05, 0) is 39.4 Å². The minimum absolute atomic E-state index is 0.112. The lowest BCUT2D eigenvalue weighted by Crippen LogP contribution is -2.25. The first-order chi connectivity index (χ1) is 9.04. The maximum atomic E-state index is 6.36. The van der Waals surface area contributed by atoms with E-state index in [2.05, 4.69) is 50.2 Å². The van der Waals surface area contributed by atoms with E-state index >= 15 is 0 Å². The van der Waals surface area contributed by atoms with Crippen molar-refractivity contribution in [1.82, 2.24) is 15.1 Å². The molecule has 2 heterocycles. The second-order valence-electron chi connectivity index (χ2n) is 4.86. The van der Waals surface area contributed by atoms with E-state index < -0.39 is 0 Å². The van der Waals surface area contributed by atoms with Gasteiger partial charge in [0.1, 0.15) is 0 Å². The Hall–Kier alpha value is -0.840. The summed E-state index contributed by atoms with van der Waals surface area (Å²) in [5.41, 5.74) is 1.06. The minimum Gasteiger partial charge on any atom is -0.305 e. The molecular formula is C14H20ClN3S. The fourth-order valence-electron chi connectivity index (χ4n) is 2.18. The smallest absolute Gasteiger partial charge is 0.0857 e. The molecule has 0 radical (unpaired) electrons. The summed E-state index contributed by atoms with van der Waals surface area (Å²) < 4.78 is 2.00. The molecule has 0 fully saturated rings. The molecule has 0 saturated carbocycles. The average molecular weight is 298 g/mol. The summed E-state index contributed by atoms with van der Waals surface area (Å²) in [5.74, 6) is 0. The third kappa shape index (κ3) is 3.02. The second-order valence-corrected chi connectivity index (χ2v) is 6.58. The van der Waals surface area contributed by atoms with Crippen LogP contribution in [0, 0.1) is 6.92 Å². The molecule has 1 atom stereocenters. The van der Waals surface area contributed by atoms with Crippen LogP contribution in [-0.2, 0) is 0 Å². The van der Waals surface area contributed by atoms with Crippen molar-refractivity contribution in [2.24, 2.45) is 0 Å². The number of nitrogens with zero attached hydrogens (tertiary/aromatic N) is 2. The van der Waals surface area contributed by atoms with E-state index in [1.807, 2.05) is 4.68 Å². The van der Waals surface area contributed by atoms with Gasteiger partial charge < -0.3 is 5.32 Å². The number of hydrogen-bond acceptors (Lipinski definition) is 3. The number of halogens is 1. The summed E-state index contributed by atoms with van der Waals surface area (Å²) in [6.45, 7) is 9.36. The quantitative estimate of drug-likeness (QED) is 0.897. The van der Waals surface area contributed by atoms with Crippen LogP contribution in [0.2, 0.25) is 5.02 Å². The number of nitrogens with one attached hydrogen (secondary N) is 1. The third-order valence-electron chi connectivity index (χ3n) is 3.00. The fourth-order valence-corrected chi connectivity index (χ4v) is 3.37. The molecule has 0 aliphatic heterocycles. The fraction of sp³-hybridized carbons (Fsp3) is 0.500. The number of hydrogen-bond donors (Lipinski definition) is 1. The van der Waals surface area contributed by atoms with Gasteiger partial charge >= 0.3 is 0 Å². The van der Waals surface area contributed by atoms with Gasteiger partial charge in [-0.3, -0.25) is 4.68 Å². The molecule has 0 saturated heterocycles. The third-order valence-corrected chi connectivity index (χ3v) is 4.36. The highest BCUT2D eigenvalue weighted by Crippen LogP contribution is 2.33. The van der Waals surface area contributed by atoms with Crippen LogP contribution in [0.15, 0.2) is 18.3 Å². The molecule has 2 rings (SSSR count). The van der Waals surface area contributed by atoms with E-state index in [1.54, 1.807) is 17.5 Å². The van der Waals surface area contributed by atoms with Gasteiger partial charge in [0.25, 0.3) is 0 Å². The Balaban J connectivity index is 2.47. The minimum atomic E-state index is 0.112. The zero-order chi connectivity index (χ0) is 14.0. The van der Waals surface area contributed by atoms with Crippen molar-refractivity contribution in [3.05, 3.63) is 38.8 Å². The van der Waals surface area contributed by atoms with E-state index in [0.717, 1.165) is 17.3 Å². The Morgan fingerprint density at radius 1 is 1.42 bits per heavy atom. The Kier molecular flexibility index (Phi) is 4.66. The summed E-state index contributed by atoms with van der Waals surface area (Å²) >= 11 is 8.16. The van der Waals surface area contributed by atoms with Crippen LogP contribution in [0.5, 0.6) is 0 Å². The molecule has 19 heavy (non-hydrogen) atoms. The van der Waals surface area contributed by atoms with Crippen LogP contribution in [0.4, 0.5) is 0 Å². The Morgan fingerprint density at radius 3 is 2.68 bits per heavy atom. The zero-order valence-corrected chi connectivity index (χ0v) is 13.3. The maximum absolute atomic E-state index is 6.36. The van der Waals surface area contributed by atoms with Gasteiger partial charge in [-0.2, -0.15) is 5.10 Å². The van der Waals surface area contributed by atoms with E-state index in [-0.39, 0.29) is 6.04 Å². The van der Waals surface area contributed by atoms with Gasteiger partial charge in [0.05, 0.1) is 23.0 Å². The molecule has 0 aliphatic rings. The molecule has 1 N–H and O–H groups in total. The maximum Gasteiger partial charge on any atom is 0.0857 e. The highest BCUT2D eigenvalue weighted by Gasteiger charge is 2.23. The average Bonchev–Trinajstić information content (AvgIpc) is 2.93. The normalized spacial score (nSPS) is 13.2. The first-order valence-electron chi connectivity index (χ1n) is 6.57. The van der Waals surface area contributed by atoms with Crippen molar-refractivity contribution in [2.75, 3.05) is 6.54 Å². The van der Waals surface area contributed by atoms with Crippen molar-refractivity contribution < 1.29 is 0 Å². The van der Waals surface area contributed by atoms with Crippen LogP contribution in [0.1, 0.15) is 48.3 Å². The van der Waals surface area contributed by atoms with Crippen molar-refractivity contribution in [2.45, 2.75) is 39.8 Å². The Bertz CT molecular complexity index is 545. The predicted octanol–water partition coefficient (Wildman–Crippen LogP) is 4.19. The Morgan fingerprint density at radius 2 is 2.16 bits per heavy atom. The van der Waals surface area contributed by atoms with E-state index in [0.29, 0.717) is 6.04 Å². The van der Waals surface area contributed by atoms with Gasteiger partial charge in [0.15, 0.2) is 0 Å². The van der Waals surface area contributed by atoms with Gasteiger partial charge in [0.2, 0.25) is 0 Å². The zero-order valence-electron chi connectivity index (χ0n) is 11.8. The number of aromatic nitrogens is 2. The van der Waals surface area contributed by atoms with Crippen molar-refractivity contribution in [3.8, 4) is 0 Å². The molecule has 0 aromatic carbocycles. The van der Waals surface area contributed by atoms with E-state index in [4.69, 9.17) is 11.6 Å². The first-order valence-corrected chi connectivity index (χ1v) is 7.76. The van der Waals surface area contributed by atoms with Crippen LogP contribution in [0.25, 0.3) is 0 Å². The standard InChI is InChI=1S/C14H20ClN3S/c1-5-16-13(12-7-6-10(4)19-12)14-11(15)8-17-18(14)9(2)3/h6-9,13,16H,5H2,1-4H3. The van der Waals surface area contributed by atoms with Crippen LogP contribution < -0.4 is 5.32 Å². The lowest BCUT2D eigenvalue weighted by atomic mass is 10.1. The summed E-state index contributed by atoms with van der Waals surface area (Å²) in [7, 11) is 0. The van der Waals surface area contributed by atoms with Gasteiger partial charge in [-0.25, -0.2) is 0 Å². The topological polar surface area (TPSA) is 29.9 Å². The molecule has 1 unspecified atom stereocenters. The molecule has 2 aromatic rings. The van der Waals surface area contributed by atoms with E-state index in [1.165, 1.54) is 9.75 Å². The van der Waals surface area contributed by atoms with Crippen LogP contribution in [0.3, 0.4) is 0 Å². The molecule has 0 aliphatic carbocycles. The van der Waals surface area contributed by atoms with Gasteiger partial charge in [-0.15, -0.1) is 11.3 Å². The van der Waals surface area contributed by atoms with Crippen molar-refractivity contribution in [1.29, 1.82) is 0 Å². The molecule has 0 bridgehead atoms. The molecule has 0 spiro atoms. The van der Waals surface area contributed by atoms with Gasteiger partial charge in [0, 0.05) is 15.8 Å². The monoisotopic (exact) mass is 297 g/mol. The largest absolute Gasteiger partial charge is 0.305 e. The van der Waals surface area contributed by atoms with Crippen LogP contribution >= 0.6 is 22.9 Å². The molecule has 0 amide bonds. The molecular weight excluding hydrogens is 278 g/mol. The number of rotatable bonds is 5. The molecule has 104 valence electrons. The summed E-state index contributed by atoms with van der Waals surface area (Å²) in [4.78, 5) is 2.59. The summed E-state index contributed by atoms with van der Waals surface area (Å²) in [6, 6.07) is 4.72. The first kappa shape index (κ1) is 14.6. The predicted molar refractivity (Wildman–Crippen MR) is 82.2 cm³/mol. The lowest BCUT2D eigenvalue weighted by molar-refractivity contribution is 0.478. The van der Waals surface area contributed by atoms with Crippen molar-refractivity contribution >= 4 is 22.9 Å². The Labute approximate surface area is 123 Å². The number of thiophene rings is 1.